The Kier molecular flexibility index (Phi) is 5.09. The third kappa shape index (κ3) is 3.55. The molecule has 2 rings (SSSR count). The van der Waals surface area contributed by atoms with Gasteiger partial charge in [-0.15, -0.1) is 0 Å². The highest BCUT2D eigenvalue weighted by Gasteiger charge is 2.22. The Morgan fingerprint density at radius 1 is 1.55 bits per heavy atom. The first-order valence-corrected chi connectivity index (χ1v) is 7.14. The molecular weight excluding hydrogens is 257 g/mol. The first-order chi connectivity index (χ1) is 9.61. The quantitative estimate of drug-likeness (QED) is 0.829. The molecule has 0 spiro atoms. The van der Waals surface area contributed by atoms with Gasteiger partial charge in [-0.2, -0.15) is 0 Å². The molecule has 1 atom stereocenters. The molecule has 0 aliphatic carbocycles. The number of primary amides is 1. The number of carbonyl (C=O) groups is 1. The lowest BCUT2D eigenvalue weighted by Gasteiger charge is -2.23. The van der Waals surface area contributed by atoms with Gasteiger partial charge in [0.1, 0.15) is 5.82 Å². The summed E-state index contributed by atoms with van der Waals surface area (Å²) < 4.78 is 13.7. The molecule has 0 aromatic heterocycles. The molecule has 1 heterocycles. The van der Waals surface area contributed by atoms with Gasteiger partial charge in [-0.05, 0) is 44.1 Å². The SMILES string of the molecule is CCN1CCCC1CNCc1cc(C(N)=O)ccc1F. The highest BCUT2D eigenvalue weighted by Crippen LogP contribution is 2.16. The lowest BCUT2D eigenvalue weighted by molar-refractivity contribution is 0.1000. The van der Waals surface area contributed by atoms with Crippen molar-refractivity contribution in [3.8, 4) is 0 Å². The highest BCUT2D eigenvalue weighted by molar-refractivity contribution is 5.92. The maximum Gasteiger partial charge on any atom is 0.248 e. The molecule has 0 saturated carbocycles. The van der Waals surface area contributed by atoms with E-state index in [9.17, 15) is 9.18 Å². The molecule has 1 saturated heterocycles. The Bertz CT molecular complexity index is 478. The summed E-state index contributed by atoms with van der Waals surface area (Å²) in [5, 5.41) is 3.28. The van der Waals surface area contributed by atoms with Gasteiger partial charge in [-0.3, -0.25) is 9.69 Å². The topological polar surface area (TPSA) is 58.4 Å². The number of hydrogen-bond donors (Lipinski definition) is 2. The average Bonchev–Trinajstić information content (AvgIpc) is 2.88. The van der Waals surface area contributed by atoms with Crippen molar-refractivity contribution in [3.05, 3.63) is 35.1 Å². The number of amides is 1. The van der Waals surface area contributed by atoms with Crippen LogP contribution in [0.1, 0.15) is 35.7 Å². The molecule has 1 aliphatic heterocycles. The fourth-order valence-electron chi connectivity index (χ4n) is 2.78. The van der Waals surface area contributed by atoms with E-state index in [0.29, 0.717) is 23.7 Å². The van der Waals surface area contributed by atoms with Gasteiger partial charge >= 0.3 is 0 Å². The lowest BCUT2D eigenvalue weighted by atomic mass is 10.1. The minimum absolute atomic E-state index is 0.304. The Balaban J connectivity index is 1.90. The summed E-state index contributed by atoms with van der Waals surface area (Å²) in [5.41, 5.74) is 6.04. The number of rotatable bonds is 6. The molecule has 5 heteroatoms. The number of likely N-dealkylation sites (N-methyl/N-ethyl adjacent to an activating group) is 1. The van der Waals surface area contributed by atoms with Crippen molar-refractivity contribution in [1.29, 1.82) is 0 Å². The van der Waals surface area contributed by atoms with E-state index in [1.807, 2.05) is 0 Å². The Morgan fingerprint density at radius 2 is 2.35 bits per heavy atom. The molecule has 1 aromatic rings. The van der Waals surface area contributed by atoms with E-state index in [4.69, 9.17) is 5.73 Å². The summed E-state index contributed by atoms with van der Waals surface area (Å²) in [6.07, 6.45) is 2.41. The average molecular weight is 279 g/mol. The molecular formula is C15H22FN3O. The predicted octanol–water partition coefficient (Wildman–Crippen LogP) is 1.50. The maximum atomic E-state index is 13.7. The molecule has 1 amide bonds. The minimum Gasteiger partial charge on any atom is -0.366 e. The van der Waals surface area contributed by atoms with E-state index in [0.717, 1.165) is 19.6 Å². The molecule has 20 heavy (non-hydrogen) atoms. The van der Waals surface area contributed by atoms with E-state index < -0.39 is 5.91 Å². The van der Waals surface area contributed by atoms with Crippen LogP contribution in [0.25, 0.3) is 0 Å². The van der Waals surface area contributed by atoms with E-state index >= 15 is 0 Å². The number of carbonyl (C=O) groups excluding carboxylic acids is 1. The molecule has 4 nitrogen and oxygen atoms in total. The zero-order chi connectivity index (χ0) is 14.5. The zero-order valence-corrected chi connectivity index (χ0v) is 11.9. The van der Waals surface area contributed by atoms with Crippen LogP contribution in [0.4, 0.5) is 4.39 Å². The number of likely N-dealkylation sites (tertiary alicyclic amines) is 1. The summed E-state index contributed by atoms with van der Waals surface area (Å²) >= 11 is 0. The summed E-state index contributed by atoms with van der Waals surface area (Å²) in [6.45, 7) is 5.62. The molecule has 110 valence electrons. The fourth-order valence-corrected chi connectivity index (χ4v) is 2.78. The molecule has 1 aliphatic rings. The van der Waals surface area contributed by atoms with Crippen LogP contribution in [0.5, 0.6) is 0 Å². The third-order valence-electron chi connectivity index (χ3n) is 3.93. The second-order valence-corrected chi connectivity index (χ2v) is 5.23. The molecule has 1 unspecified atom stereocenters. The standard InChI is InChI=1S/C15H22FN3O/c1-2-19-7-3-4-13(19)10-18-9-12-8-11(15(17)20)5-6-14(12)16/h5-6,8,13,18H,2-4,7,9-10H2,1H3,(H2,17,20). The van der Waals surface area contributed by atoms with Crippen LogP contribution in [0.2, 0.25) is 0 Å². The second-order valence-electron chi connectivity index (χ2n) is 5.23. The van der Waals surface area contributed by atoms with Crippen molar-refractivity contribution in [3.63, 3.8) is 0 Å². The van der Waals surface area contributed by atoms with Gasteiger partial charge in [-0.25, -0.2) is 4.39 Å². The van der Waals surface area contributed by atoms with Gasteiger partial charge in [0.15, 0.2) is 0 Å². The van der Waals surface area contributed by atoms with Crippen LogP contribution < -0.4 is 11.1 Å². The van der Waals surface area contributed by atoms with E-state index in [2.05, 4.69) is 17.1 Å². The normalized spacial score (nSPS) is 19.4. The number of nitrogens with zero attached hydrogens (tertiary/aromatic N) is 1. The molecule has 0 bridgehead atoms. The third-order valence-corrected chi connectivity index (χ3v) is 3.93. The van der Waals surface area contributed by atoms with Gasteiger partial charge in [0.05, 0.1) is 0 Å². The van der Waals surface area contributed by atoms with Gasteiger partial charge < -0.3 is 11.1 Å². The monoisotopic (exact) mass is 279 g/mol. The summed E-state index contributed by atoms with van der Waals surface area (Å²) in [6, 6.07) is 4.76. The van der Waals surface area contributed by atoms with Crippen LogP contribution in [-0.4, -0.2) is 36.5 Å². The molecule has 1 fully saturated rings. The first kappa shape index (κ1) is 14.9. The number of hydrogen-bond acceptors (Lipinski definition) is 3. The van der Waals surface area contributed by atoms with Gasteiger partial charge in [0.2, 0.25) is 5.91 Å². The Labute approximate surface area is 119 Å². The molecule has 0 radical (unpaired) electrons. The Morgan fingerprint density at radius 3 is 3.05 bits per heavy atom. The number of nitrogens with two attached hydrogens (primary N) is 1. The fraction of sp³-hybridized carbons (Fsp3) is 0.533. The summed E-state index contributed by atoms with van der Waals surface area (Å²) in [5.74, 6) is -0.833. The van der Waals surface area contributed by atoms with Gasteiger partial charge in [-0.1, -0.05) is 6.92 Å². The van der Waals surface area contributed by atoms with Crippen LogP contribution in [0, 0.1) is 5.82 Å². The largest absolute Gasteiger partial charge is 0.366 e. The summed E-state index contributed by atoms with van der Waals surface area (Å²) in [7, 11) is 0. The van der Waals surface area contributed by atoms with Crippen molar-refractivity contribution in [2.75, 3.05) is 19.6 Å². The lowest BCUT2D eigenvalue weighted by Crippen LogP contribution is -2.37. The molecule has 3 N–H and O–H groups in total. The summed E-state index contributed by atoms with van der Waals surface area (Å²) in [4.78, 5) is 13.5. The number of benzene rings is 1. The van der Waals surface area contributed by atoms with Gasteiger partial charge in [0.25, 0.3) is 0 Å². The highest BCUT2D eigenvalue weighted by atomic mass is 19.1. The van der Waals surface area contributed by atoms with E-state index in [-0.39, 0.29) is 5.82 Å². The van der Waals surface area contributed by atoms with Crippen molar-refractivity contribution in [1.82, 2.24) is 10.2 Å². The number of halogens is 1. The predicted molar refractivity (Wildman–Crippen MR) is 76.9 cm³/mol. The Hall–Kier alpha value is -1.46. The van der Waals surface area contributed by atoms with Crippen molar-refractivity contribution in [2.24, 2.45) is 5.73 Å². The van der Waals surface area contributed by atoms with Crippen molar-refractivity contribution >= 4 is 5.91 Å². The van der Waals surface area contributed by atoms with E-state index in [1.54, 1.807) is 0 Å². The van der Waals surface area contributed by atoms with Crippen LogP contribution >= 0.6 is 0 Å². The second kappa shape index (κ2) is 6.81. The zero-order valence-electron chi connectivity index (χ0n) is 11.9. The first-order valence-electron chi connectivity index (χ1n) is 7.14. The van der Waals surface area contributed by atoms with Crippen LogP contribution in [-0.2, 0) is 6.54 Å². The molecule has 1 aromatic carbocycles. The van der Waals surface area contributed by atoms with Crippen LogP contribution in [0.3, 0.4) is 0 Å². The maximum absolute atomic E-state index is 13.7. The van der Waals surface area contributed by atoms with Crippen molar-refractivity contribution in [2.45, 2.75) is 32.4 Å². The van der Waals surface area contributed by atoms with Crippen molar-refractivity contribution < 1.29 is 9.18 Å². The minimum atomic E-state index is -0.529. The van der Waals surface area contributed by atoms with E-state index in [1.165, 1.54) is 31.0 Å². The smallest absolute Gasteiger partial charge is 0.248 e. The van der Waals surface area contributed by atoms with Gasteiger partial charge in [0, 0.05) is 30.3 Å². The number of nitrogens with one attached hydrogen (secondary N) is 1. The van der Waals surface area contributed by atoms with Crippen LogP contribution in [0.15, 0.2) is 18.2 Å².